The van der Waals surface area contributed by atoms with Crippen LogP contribution < -0.4 is 11.1 Å². The maximum atomic E-state index is 12.0. The third-order valence-corrected chi connectivity index (χ3v) is 3.91. The van der Waals surface area contributed by atoms with Crippen LogP contribution in [0.3, 0.4) is 0 Å². The Bertz CT molecular complexity index is 590. The third-order valence-electron chi connectivity index (χ3n) is 2.66. The number of rotatable bonds is 5. The van der Waals surface area contributed by atoms with Crippen molar-refractivity contribution in [2.24, 2.45) is 0 Å². The summed E-state index contributed by atoms with van der Waals surface area (Å²) in [6.45, 7) is 0.574. The Kier molecular flexibility index (Phi) is 5.32. The van der Waals surface area contributed by atoms with Crippen molar-refractivity contribution in [3.63, 3.8) is 0 Å². The van der Waals surface area contributed by atoms with E-state index >= 15 is 0 Å². The maximum Gasteiger partial charge on any atom is 0.253 e. The molecule has 0 radical (unpaired) electrons. The van der Waals surface area contributed by atoms with Crippen molar-refractivity contribution in [2.45, 2.75) is 4.90 Å². The smallest absolute Gasteiger partial charge is 0.253 e. The van der Waals surface area contributed by atoms with Gasteiger partial charge in [0.25, 0.3) is 5.91 Å². The molecule has 0 aromatic heterocycles. The molecule has 2 rings (SSSR count). The summed E-state index contributed by atoms with van der Waals surface area (Å²) in [5, 5.41) is 3.34. The van der Waals surface area contributed by atoms with Crippen LogP contribution in [0, 0.1) is 0 Å². The Labute approximate surface area is 127 Å². The van der Waals surface area contributed by atoms with E-state index in [1.54, 1.807) is 30.0 Å². The molecular weight excluding hydrogens is 292 g/mol. The lowest BCUT2D eigenvalue weighted by molar-refractivity contribution is 0.0957. The molecule has 0 atom stereocenters. The Morgan fingerprint density at radius 1 is 1.20 bits per heavy atom. The standard InChI is InChI=1S/C15H15ClN2OS/c16-11-6-7-14(17)13(10-11)15(19)18-8-9-20-12-4-2-1-3-5-12/h1-7,10H,8-9,17H2,(H,18,19). The van der Waals surface area contributed by atoms with E-state index in [9.17, 15) is 4.79 Å². The number of carbonyl (C=O) groups is 1. The Hall–Kier alpha value is -1.65. The number of hydrogen-bond acceptors (Lipinski definition) is 3. The number of nitrogens with two attached hydrogens (primary N) is 1. The van der Waals surface area contributed by atoms with Crippen LogP contribution in [-0.4, -0.2) is 18.2 Å². The van der Waals surface area contributed by atoms with Gasteiger partial charge in [-0.05, 0) is 30.3 Å². The number of amides is 1. The first-order chi connectivity index (χ1) is 9.66. The number of benzene rings is 2. The summed E-state index contributed by atoms with van der Waals surface area (Å²) in [4.78, 5) is 13.2. The average molecular weight is 307 g/mol. The monoisotopic (exact) mass is 306 g/mol. The van der Waals surface area contributed by atoms with Crippen LogP contribution in [0.4, 0.5) is 5.69 Å². The van der Waals surface area contributed by atoms with Crippen LogP contribution in [-0.2, 0) is 0 Å². The van der Waals surface area contributed by atoms with Crippen molar-refractivity contribution in [2.75, 3.05) is 18.0 Å². The predicted octanol–water partition coefficient (Wildman–Crippen LogP) is 3.44. The van der Waals surface area contributed by atoms with E-state index in [-0.39, 0.29) is 5.91 Å². The van der Waals surface area contributed by atoms with Gasteiger partial charge in [0.15, 0.2) is 0 Å². The van der Waals surface area contributed by atoms with E-state index in [0.717, 1.165) is 5.75 Å². The summed E-state index contributed by atoms with van der Waals surface area (Å²) >= 11 is 7.56. The van der Waals surface area contributed by atoms with Gasteiger partial charge in [-0.25, -0.2) is 0 Å². The highest BCUT2D eigenvalue weighted by Gasteiger charge is 2.09. The zero-order chi connectivity index (χ0) is 14.4. The number of anilines is 1. The zero-order valence-corrected chi connectivity index (χ0v) is 12.4. The molecule has 2 aromatic carbocycles. The summed E-state index contributed by atoms with van der Waals surface area (Å²) in [6.07, 6.45) is 0. The number of thioether (sulfide) groups is 1. The summed E-state index contributed by atoms with van der Waals surface area (Å²) in [5.41, 5.74) is 6.61. The summed E-state index contributed by atoms with van der Waals surface area (Å²) in [5.74, 6) is 0.606. The fourth-order valence-corrected chi connectivity index (χ4v) is 2.63. The first kappa shape index (κ1) is 14.8. The summed E-state index contributed by atoms with van der Waals surface area (Å²) in [7, 11) is 0. The largest absolute Gasteiger partial charge is 0.398 e. The average Bonchev–Trinajstić information content (AvgIpc) is 2.47. The third kappa shape index (κ3) is 4.18. The molecule has 0 aliphatic carbocycles. The molecule has 5 heteroatoms. The van der Waals surface area contributed by atoms with Crippen LogP contribution in [0.25, 0.3) is 0 Å². The van der Waals surface area contributed by atoms with Crippen molar-refractivity contribution in [1.29, 1.82) is 0 Å². The van der Waals surface area contributed by atoms with Gasteiger partial charge in [-0.15, -0.1) is 11.8 Å². The second-order valence-electron chi connectivity index (χ2n) is 4.15. The molecule has 3 N–H and O–H groups in total. The lowest BCUT2D eigenvalue weighted by Crippen LogP contribution is -2.26. The summed E-state index contributed by atoms with van der Waals surface area (Å²) in [6, 6.07) is 14.9. The first-order valence-electron chi connectivity index (χ1n) is 6.18. The molecule has 3 nitrogen and oxygen atoms in total. The molecule has 0 bridgehead atoms. The molecule has 0 saturated heterocycles. The van der Waals surface area contributed by atoms with Crippen LogP contribution in [0.5, 0.6) is 0 Å². The number of halogens is 1. The van der Waals surface area contributed by atoms with E-state index in [4.69, 9.17) is 17.3 Å². The first-order valence-corrected chi connectivity index (χ1v) is 7.54. The Balaban J connectivity index is 1.82. The molecule has 0 saturated carbocycles. The molecule has 20 heavy (non-hydrogen) atoms. The van der Waals surface area contributed by atoms with Gasteiger partial charge in [0, 0.05) is 27.9 Å². The van der Waals surface area contributed by atoms with Gasteiger partial charge in [0.05, 0.1) is 5.56 Å². The van der Waals surface area contributed by atoms with E-state index < -0.39 is 0 Å². The van der Waals surface area contributed by atoms with Crippen LogP contribution >= 0.6 is 23.4 Å². The quantitative estimate of drug-likeness (QED) is 0.505. The highest BCUT2D eigenvalue weighted by atomic mass is 35.5. The number of hydrogen-bond donors (Lipinski definition) is 2. The SMILES string of the molecule is Nc1ccc(Cl)cc1C(=O)NCCSc1ccccc1. The fraction of sp³-hybridized carbons (Fsp3) is 0.133. The van der Waals surface area contributed by atoms with Crippen molar-refractivity contribution in [3.05, 3.63) is 59.1 Å². The highest BCUT2D eigenvalue weighted by molar-refractivity contribution is 7.99. The molecule has 0 aliphatic rings. The van der Waals surface area contributed by atoms with E-state index in [2.05, 4.69) is 5.32 Å². The second kappa shape index (κ2) is 7.22. The molecular formula is C15H15ClN2OS. The van der Waals surface area contributed by atoms with Crippen LogP contribution in [0.2, 0.25) is 5.02 Å². The number of nitrogen functional groups attached to an aromatic ring is 1. The Morgan fingerprint density at radius 3 is 2.70 bits per heavy atom. The molecule has 0 fully saturated rings. The zero-order valence-electron chi connectivity index (χ0n) is 10.8. The predicted molar refractivity (Wildman–Crippen MR) is 85.4 cm³/mol. The van der Waals surface area contributed by atoms with Gasteiger partial charge in [0.1, 0.15) is 0 Å². The number of nitrogens with one attached hydrogen (secondary N) is 1. The van der Waals surface area contributed by atoms with Gasteiger partial charge >= 0.3 is 0 Å². The summed E-state index contributed by atoms with van der Waals surface area (Å²) < 4.78 is 0. The van der Waals surface area contributed by atoms with Crippen molar-refractivity contribution in [1.82, 2.24) is 5.32 Å². The molecule has 104 valence electrons. The minimum Gasteiger partial charge on any atom is -0.398 e. The normalized spacial score (nSPS) is 10.2. The fourth-order valence-electron chi connectivity index (χ4n) is 1.67. The van der Waals surface area contributed by atoms with Crippen molar-refractivity contribution in [3.8, 4) is 0 Å². The minimum absolute atomic E-state index is 0.196. The second-order valence-corrected chi connectivity index (χ2v) is 5.75. The molecule has 0 unspecified atom stereocenters. The maximum absolute atomic E-state index is 12.0. The minimum atomic E-state index is -0.196. The number of carbonyl (C=O) groups excluding carboxylic acids is 1. The lowest BCUT2D eigenvalue weighted by Gasteiger charge is -2.08. The van der Waals surface area contributed by atoms with Gasteiger partial charge in [-0.1, -0.05) is 29.8 Å². The van der Waals surface area contributed by atoms with E-state index in [1.807, 2.05) is 30.3 Å². The van der Waals surface area contributed by atoms with Crippen LogP contribution in [0.1, 0.15) is 10.4 Å². The molecule has 0 spiro atoms. The molecule has 1 amide bonds. The van der Waals surface area contributed by atoms with Gasteiger partial charge in [-0.3, -0.25) is 4.79 Å². The Morgan fingerprint density at radius 2 is 1.95 bits per heavy atom. The van der Waals surface area contributed by atoms with Gasteiger partial charge in [0.2, 0.25) is 0 Å². The molecule has 2 aromatic rings. The topological polar surface area (TPSA) is 55.1 Å². The van der Waals surface area contributed by atoms with Crippen molar-refractivity contribution >= 4 is 35.0 Å². The van der Waals surface area contributed by atoms with Crippen molar-refractivity contribution < 1.29 is 4.79 Å². The highest BCUT2D eigenvalue weighted by Crippen LogP contribution is 2.18. The molecule has 0 heterocycles. The van der Waals surface area contributed by atoms with Gasteiger partial charge in [-0.2, -0.15) is 0 Å². The van der Waals surface area contributed by atoms with E-state index in [0.29, 0.717) is 22.8 Å². The van der Waals surface area contributed by atoms with E-state index in [1.165, 1.54) is 4.90 Å². The lowest BCUT2D eigenvalue weighted by atomic mass is 10.1. The molecule has 0 aliphatic heterocycles. The van der Waals surface area contributed by atoms with Crippen LogP contribution in [0.15, 0.2) is 53.4 Å². The van der Waals surface area contributed by atoms with Gasteiger partial charge < -0.3 is 11.1 Å².